The van der Waals surface area contributed by atoms with Crippen molar-refractivity contribution in [3.63, 3.8) is 0 Å². The van der Waals surface area contributed by atoms with E-state index in [4.69, 9.17) is 4.74 Å². The molecule has 0 amide bonds. The molecule has 0 saturated carbocycles. The molecule has 0 spiro atoms. The van der Waals surface area contributed by atoms with E-state index in [1.54, 1.807) is 41.8 Å². The van der Waals surface area contributed by atoms with Gasteiger partial charge in [0.15, 0.2) is 0 Å². The standard InChI is InChI=1S/C20H20N2O3/c1-13(2)12-25-20(24)15-8-10-16(11-9-15)22-14(3)21-18-7-5-4-6-17(18)19(22)23/h4-11,13H,12H2,1-3H3. The number of hydrogen-bond acceptors (Lipinski definition) is 4. The fraction of sp³-hybridized carbons (Fsp3) is 0.250. The van der Waals surface area contributed by atoms with Crippen molar-refractivity contribution in [2.45, 2.75) is 20.8 Å². The third-order valence-corrected chi connectivity index (χ3v) is 3.85. The predicted octanol–water partition coefficient (Wildman–Crippen LogP) is 3.51. The van der Waals surface area contributed by atoms with Gasteiger partial charge in [0.1, 0.15) is 5.82 Å². The van der Waals surface area contributed by atoms with Crippen molar-refractivity contribution >= 4 is 16.9 Å². The van der Waals surface area contributed by atoms with Gasteiger partial charge in [0.2, 0.25) is 0 Å². The zero-order chi connectivity index (χ0) is 18.0. The van der Waals surface area contributed by atoms with E-state index in [-0.39, 0.29) is 17.4 Å². The van der Waals surface area contributed by atoms with Crippen LogP contribution in [0.15, 0.2) is 53.3 Å². The maximum Gasteiger partial charge on any atom is 0.338 e. The number of nitrogens with zero attached hydrogens (tertiary/aromatic N) is 2. The highest BCUT2D eigenvalue weighted by molar-refractivity contribution is 5.89. The Morgan fingerprint density at radius 3 is 2.48 bits per heavy atom. The quantitative estimate of drug-likeness (QED) is 0.684. The molecule has 3 aromatic rings. The molecule has 25 heavy (non-hydrogen) atoms. The maximum absolute atomic E-state index is 12.8. The monoisotopic (exact) mass is 336 g/mol. The van der Waals surface area contributed by atoms with E-state index in [0.29, 0.717) is 34.6 Å². The van der Waals surface area contributed by atoms with Crippen LogP contribution in [0.4, 0.5) is 0 Å². The molecule has 0 bridgehead atoms. The smallest absolute Gasteiger partial charge is 0.338 e. The van der Waals surface area contributed by atoms with E-state index in [2.05, 4.69) is 4.98 Å². The largest absolute Gasteiger partial charge is 0.462 e. The highest BCUT2D eigenvalue weighted by Crippen LogP contribution is 2.14. The average Bonchev–Trinajstić information content (AvgIpc) is 2.60. The predicted molar refractivity (Wildman–Crippen MR) is 97.2 cm³/mol. The number of para-hydroxylation sites is 1. The first kappa shape index (κ1) is 16.9. The van der Waals surface area contributed by atoms with Crippen molar-refractivity contribution in [3.8, 4) is 5.69 Å². The van der Waals surface area contributed by atoms with Crippen LogP contribution in [0.3, 0.4) is 0 Å². The van der Waals surface area contributed by atoms with E-state index in [1.807, 2.05) is 32.0 Å². The van der Waals surface area contributed by atoms with Crippen molar-refractivity contribution in [2.75, 3.05) is 6.61 Å². The number of rotatable bonds is 4. The number of esters is 1. The van der Waals surface area contributed by atoms with E-state index < -0.39 is 0 Å². The molecule has 0 radical (unpaired) electrons. The second-order valence-electron chi connectivity index (χ2n) is 6.36. The fourth-order valence-corrected chi connectivity index (χ4v) is 2.62. The maximum atomic E-state index is 12.8. The summed E-state index contributed by atoms with van der Waals surface area (Å²) in [6, 6.07) is 14.1. The lowest BCUT2D eigenvalue weighted by Crippen LogP contribution is -2.22. The lowest BCUT2D eigenvalue weighted by molar-refractivity contribution is 0.0459. The van der Waals surface area contributed by atoms with E-state index in [9.17, 15) is 9.59 Å². The molecule has 5 nitrogen and oxygen atoms in total. The molecule has 0 N–H and O–H groups in total. The first-order chi connectivity index (χ1) is 12.0. The SMILES string of the molecule is Cc1nc2ccccc2c(=O)n1-c1ccc(C(=O)OCC(C)C)cc1. The molecule has 0 saturated heterocycles. The van der Waals surface area contributed by atoms with Crippen molar-refractivity contribution in [1.29, 1.82) is 0 Å². The molecule has 128 valence electrons. The topological polar surface area (TPSA) is 61.2 Å². The Labute approximate surface area is 145 Å². The number of carbonyl (C=O) groups excluding carboxylic acids is 1. The summed E-state index contributed by atoms with van der Waals surface area (Å²) in [5.41, 5.74) is 1.68. The van der Waals surface area contributed by atoms with E-state index in [0.717, 1.165) is 0 Å². The van der Waals surface area contributed by atoms with Gasteiger partial charge < -0.3 is 4.74 Å². The summed E-state index contributed by atoms with van der Waals surface area (Å²) in [5, 5.41) is 0.563. The Balaban J connectivity index is 1.97. The number of benzene rings is 2. The van der Waals surface area contributed by atoms with Gasteiger partial charge in [-0.25, -0.2) is 9.78 Å². The van der Waals surface area contributed by atoms with Gasteiger partial charge in [-0.05, 0) is 49.2 Å². The van der Waals surface area contributed by atoms with Crippen molar-refractivity contribution in [1.82, 2.24) is 9.55 Å². The first-order valence-corrected chi connectivity index (χ1v) is 8.23. The van der Waals surface area contributed by atoms with Gasteiger partial charge in [-0.3, -0.25) is 9.36 Å². The number of ether oxygens (including phenoxy) is 1. The summed E-state index contributed by atoms with van der Waals surface area (Å²) >= 11 is 0. The van der Waals surface area contributed by atoms with Gasteiger partial charge in [0.25, 0.3) is 5.56 Å². The molecule has 1 aromatic heterocycles. The molecule has 1 heterocycles. The normalized spacial score (nSPS) is 11.0. The summed E-state index contributed by atoms with van der Waals surface area (Å²) in [4.78, 5) is 29.3. The highest BCUT2D eigenvalue weighted by Gasteiger charge is 2.12. The second-order valence-corrected chi connectivity index (χ2v) is 6.36. The van der Waals surface area contributed by atoms with Gasteiger partial charge in [-0.1, -0.05) is 26.0 Å². The van der Waals surface area contributed by atoms with Crippen LogP contribution in [0.1, 0.15) is 30.0 Å². The minimum atomic E-state index is -0.360. The molecule has 5 heteroatoms. The van der Waals surface area contributed by atoms with Crippen LogP contribution in [0.2, 0.25) is 0 Å². The van der Waals surface area contributed by atoms with Gasteiger partial charge in [0.05, 0.1) is 28.8 Å². The van der Waals surface area contributed by atoms with Crippen LogP contribution in [0.5, 0.6) is 0 Å². The number of aromatic nitrogens is 2. The van der Waals surface area contributed by atoms with E-state index in [1.165, 1.54) is 0 Å². The molecule has 0 aliphatic carbocycles. The number of aryl methyl sites for hydroxylation is 1. The first-order valence-electron chi connectivity index (χ1n) is 8.23. The van der Waals surface area contributed by atoms with Crippen LogP contribution in [0.25, 0.3) is 16.6 Å². The van der Waals surface area contributed by atoms with Crippen molar-refractivity contribution < 1.29 is 9.53 Å². The second kappa shape index (κ2) is 6.89. The minimum Gasteiger partial charge on any atom is -0.462 e. The molecular weight excluding hydrogens is 316 g/mol. The van der Waals surface area contributed by atoms with Gasteiger partial charge >= 0.3 is 5.97 Å². The molecule has 0 fully saturated rings. The Bertz CT molecular complexity index is 972. The van der Waals surface area contributed by atoms with Gasteiger partial charge in [-0.15, -0.1) is 0 Å². The molecule has 3 rings (SSSR count). The average molecular weight is 336 g/mol. The third-order valence-electron chi connectivity index (χ3n) is 3.85. The third kappa shape index (κ3) is 3.45. The fourth-order valence-electron chi connectivity index (χ4n) is 2.62. The van der Waals surface area contributed by atoms with Gasteiger partial charge in [0, 0.05) is 0 Å². The lowest BCUT2D eigenvalue weighted by atomic mass is 10.2. The Hall–Kier alpha value is -2.95. The summed E-state index contributed by atoms with van der Waals surface area (Å²) in [6.45, 7) is 6.14. The number of fused-ring (bicyclic) bond motifs is 1. The number of carbonyl (C=O) groups is 1. The summed E-state index contributed by atoms with van der Waals surface area (Å²) in [5.74, 6) is 0.521. The summed E-state index contributed by atoms with van der Waals surface area (Å²) in [6.07, 6.45) is 0. The molecule has 0 aliphatic heterocycles. The Kier molecular flexibility index (Phi) is 4.65. The lowest BCUT2D eigenvalue weighted by Gasteiger charge is -2.12. The molecule has 2 aromatic carbocycles. The summed E-state index contributed by atoms with van der Waals surface area (Å²) in [7, 11) is 0. The molecule has 0 aliphatic rings. The van der Waals surface area contributed by atoms with Gasteiger partial charge in [-0.2, -0.15) is 0 Å². The van der Waals surface area contributed by atoms with E-state index >= 15 is 0 Å². The van der Waals surface area contributed by atoms with Crippen LogP contribution < -0.4 is 5.56 Å². The van der Waals surface area contributed by atoms with Crippen molar-refractivity contribution in [2.24, 2.45) is 5.92 Å². The highest BCUT2D eigenvalue weighted by atomic mass is 16.5. The van der Waals surface area contributed by atoms with Crippen LogP contribution in [-0.4, -0.2) is 22.1 Å². The minimum absolute atomic E-state index is 0.127. The zero-order valence-electron chi connectivity index (χ0n) is 14.5. The molecule has 0 unspecified atom stereocenters. The van der Waals surface area contributed by atoms with Crippen LogP contribution >= 0.6 is 0 Å². The summed E-state index contributed by atoms with van der Waals surface area (Å²) < 4.78 is 6.77. The Morgan fingerprint density at radius 2 is 1.80 bits per heavy atom. The van der Waals surface area contributed by atoms with Crippen LogP contribution in [0, 0.1) is 12.8 Å². The number of hydrogen-bond donors (Lipinski definition) is 0. The molecular formula is C20H20N2O3. The van der Waals surface area contributed by atoms with Crippen LogP contribution in [-0.2, 0) is 4.74 Å². The molecule has 0 atom stereocenters. The zero-order valence-corrected chi connectivity index (χ0v) is 14.5. The van der Waals surface area contributed by atoms with Crippen molar-refractivity contribution in [3.05, 3.63) is 70.3 Å². The Morgan fingerprint density at radius 1 is 1.12 bits per heavy atom.